The molecule has 1 aliphatic rings. The summed E-state index contributed by atoms with van der Waals surface area (Å²) in [5.41, 5.74) is 4.22. The van der Waals surface area contributed by atoms with Gasteiger partial charge in [-0.15, -0.1) is 11.8 Å². The highest BCUT2D eigenvalue weighted by Gasteiger charge is 2.17. The van der Waals surface area contributed by atoms with E-state index in [2.05, 4.69) is 71.5 Å². The summed E-state index contributed by atoms with van der Waals surface area (Å²) >= 11 is 1.81. The average Bonchev–Trinajstić information content (AvgIpc) is 2.57. The maximum atomic E-state index is 2.57. The Kier molecular flexibility index (Phi) is 5.76. The van der Waals surface area contributed by atoms with E-state index >= 15 is 0 Å². The first-order valence-corrected chi connectivity index (χ1v) is 9.58. The molecule has 2 aromatic carbocycles. The third-order valence-corrected chi connectivity index (χ3v) is 5.26. The lowest BCUT2D eigenvalue weighted by Gasteiger charge is -2.34. The van der Waals surface area contributed by atoms with Gasteiger partial charge in [0.05, 0.1) is 0 Å². The highest BCUT2D eigenvalue weighted by Crippen LogP contribution is 2.17. The zero-order chi connectivity index (χ0) is 16.1. The topological polar surface area (TPSA) is 6.48 Å². The molecule has 23 heavy (non-hydrogen) atoms. The second-order valence-corrected chi connectivity index (χ2v) is 7.27. The molecule has 2 aromatic rings. The fourth-order valence-electron chi connectivity index (χ4n) is 3.16. The lowest BCUT2D eigenvalue weighted by molar-refractivity contribution is 0.122. The van der Waals surface area contributed by atoms with Crippen molar-refractivity contribution >= 4 is 11.8 Å². The molecule has 0 atom stereocenters. The normalized spacial score (nSPS) is 16.6. The fourth-order valence-corrected chi connectivity index (χ4v) is 3.57. The summed E-state index contributed by atoms with van der Waals surface area (Å²) in [6, 6.07) is 17.9. The van der Waals surface area contributed by atoms with Gasteiger partial charge in [0.15, 0.2) is 0 Å². The molecule has 0 saturated carbocycles. The Morgan fingerprint density at radius 3 is 2.00 bits per heavy atom. The zero-order valence-corrected chi connectivity index (χ0v) is 15.0. The molecular formula is C20H26N2S. The van der Waals surface area contributed by atoms with Crippen molar-refractivity contribution in [3.63, 3.8) is 0 Å². The van der Waals surface area contributed by atoms with Crippen LogP contribution in [0.2, 0.25) is 0 Å². The lowest BCUT2D eigenvalue weighted by Crippen LogP contribution is -2.45. The third kappa shape index (κ3) is 4.84. The van der Waals surface area contributed by atoms with E-state index in [1.807, 2.05) is 0 Å². The summed E-state index contributed by atoms with van der Waals surface area (Å²) in [7, 11) is 0. The SMILES string of the molecule is CSc1ccc(CN2CCN(Cc3cccc(C)c3)CC2)cc1. The smallest absolute Gasteiger partial charge is 0.0234 e. The predicted molar refractivity (Wildman–Crippen MR) is 100.0 cm³/mol. The van der Waals surface area contributed by atoms with E-state index < -0.39 is 0 Å². The Morgan fingerprint density at radius 2 is 1.43 bits per heavy atom. The van der Waals surface area contributed by atoms with E-state index in [1.54, 1.807) is 11.8 Å². The van der Waals surface area contributed by atoms with Gasteiger partial charge in [0, 0.05) is 44.2 Å². The van der Waals surface area contributed by atoms with Gasteiger partial charge in [0.1, 0.15) is 0 Å². The molecule has 1 heterocycles. The predicted octanol–water partition coefficient (Wildman–Crippen LogP) is 4.03. The molecule has 3 rings (SSSR count). The molecule has 0 amide bonds. The van der Waals surface area contributed by atoms with Crippen LogP contribution >= 0.6 is 11.8 Å². The molecule has 0 radical (unpaired) electrons. The number of thioether (sulfide) groups is 1. The second-order valence-electron chi connectivity index (χ2n) is 6.39. The molecule has 1 aliphatic heterocycles. The van der Waals surface area contributed by atoms with Crippen LogP contribution in [0.15, 0.2) is 53.4 Å². The molecule has 2 nitrogen and oxygen atoms in total. The molecule has 0 aromatic heterocycles. The van der Waals surface area contributed by atoms with Gasteiger partial charge in [-0.3, -0.25) is 9.80 Å². The van der Waals surface area contributed by atoms with Crippen LogP contribution in [0, 0.1) is 6.92 Å². The monoisotopic (exact) mass is 326 g/mol. The molecular weight excluding hydrogens is 300 g/mol. The van der Waals surface area contributed by atoms with Crippen molar-refractivity contribution in [1.29, 1.82) is 0 Å². The molecule has 0 unspecified atom stereocenters. The standard InChI is InChI=1S/C20H26N2S/c1-17-4-3-5-19(14-17)16-22-12-10-21(11-13-22)15-18-6-8-20(23-2)9-7-18/h3-9,14H,10-13,15-16H2,1-2H3. The molecule has 0 aliphatic carbocycles. The minimum Gasteiger partial charge on any atom is -0.297 e. The largest absolute Gasteiger partial charge is 0.297 e. The molecule has 0 spiro atoms. The summed E-state index contributed by atoms with van der Waals surface area (Å²) in [6.07, 6.45) is 2.13. The molecule has 3 heteroatoms. The van der Waals surface area contributed by atoms with Crippen molar-refractivity contribution in [1.82, 2.24) is 9.80 Å². The van der Waals surface area contributed by atoms with E-state index in [-0.39, 0.29) is 0 Å². The number of benzene rings is 2. The van der Waals surface area contributed by atoms with Crippen LogP contribution in [0.4, 0.5) is 0 Å². The van der Waals surface area contributed by atoms with Crippen molar-refractivity contribution in [2.75, 3.05) is 32.4 Å². The van der Waals surface area contributed by atoms with Gasteiger partial charge in [0.25, 0.3) is 0 Å². The second kappa shape index (κ2) is 8.00. The van der Waals surface area contributed by atoms with Crippen molar-refractivity contribution < 1.29 is 0 Å². The average molecular weight is 327 g/mol. The quantitative estimate of drug-likeness (QED) is 0.766. The Hall–Kier alpha value is -1.29. The van der Waals surface area contributed by atoms with Gasteiger partial charge in [-0.25, -0.2) is 0 Å². The van der Waals surface area contributed by atoms with Crippen LogP contribution in [-0.2, 0) is 13.1 Å². The number of rotatable bonds is 5. The van der Waals surface area contributed by atoms with Gasteiger partial charge < -0.3 is 0 Å². The Morgan fingerprint density at radius 1 is 0.826 bits per heavy atom. The van der Waals surface area contributed by atoms with Gasteiger partial charge in [-0.2, -0.15) is 0 Å². The number of hydrogen-bond acceptors (Lipinski definition) is 3. The number of aryl methyl sites for hydroxylation is 1. The number of hydrogen-bond donors (Lipinski definition) is 0. The third-order valence-electron chi connectivity index (χ3n) is 4.52. The number of piperazine rings is 1. The van der Waals surface area contributed by atoms with Crippen molar-refractivity contribution in [2.45, 2.75) is 24.9 Å². The number of nitrogens with zero attached hydrogens (tertiary/aromatic N) is 2. The summed E-state index contributed by atoms with van der Waals surface area (Å²) in [5, 5.41) is 0. The Labute approximate surface area is 144 Å². The van der Waals surface area contributed by atoms with Gasteiger partial charge in [0.2, 0.25) is 0 Å². The van der Waals surface area contributed by atoms with Gasteiger partial charge >= 0.3 is 0 Å². The highest BCUT2D eigenvalue weighted by molar-refractivity contribution is 7.98. The van der Waals surface area contributed by atoms with E-state index in [1.165, 1.54) is 21.6 Å². The van der Waals surface area contributed by atoms with Crippen LogP contribution < -0.4 is 0 Å². The van der Waals surface area contributed by atoms with E-state index in [9.17, 15) is 0 Å². The summed E-state index contributed by atoms with van der Waals surface area (Å²) < 4.78 is 0. The van der Waals surface area contributed by atoms with E-state index in [0.29, 0.717) is 0 Å². The van der Waals surface area contributed by atoms with Crippen molar-refractivity contribution in [3.8, 4) is 0 Å². The van der Waals surface area contributed by atoms with Crippen LogP contribution in [-0.4, -0.2) is 42.2 Å². The highest BCUT2D eigenvalue weighted by atomic mass is 32.2. The van der Waals surface area contributed by atoms with Crippen LogP contribution in [0.25, 0.3) is 0 Å². The van der Waals surface area contributed by atoms with E-state index in [4.69, 9.17) is 0 Å². The molecule has 0 bridgehead atoms. The summed E-state index contributed by atoms with van der Waals surface area (Å²) in [4.78, 5) is 6.49. The fraction of sp³-hybridized carbons (Fsp3) is 0.400. The maximum absolute atomic E-state index is 2.57. The van der Waals surface area contributed by atoms with E-state index in [0.717, 1.165) is 39.3 Å². The first-order valence-electron chi connectivity index (χ1n) is 8.36. The molecule has 122 valence electrons. The van der Waals surface area contributed by atoms with Gasteiger partial charge in [-0.05, 0) is 36.4 Å². The van der Waals surface area contributed by atoms with Crippen LogP contribution in [0.3, 0.4) is 0 Å². The van der Waals surface area contributed by atoms with Crippen molar-refractivity contribution in [2.24, 2.45) is 0 Å². The Bertz CT molecular complexity index is 616. The first-order chi connectivity index (χ1) is 11.2. The van der Waals surface area contributed by atoms with Crippen molar-refractivity contribution in [3.05, 3.63) is 65.2 Å². The Balaban J connectivity index is 1.48. The van der Waals surface area contributed by atoms with Gasteiger partial charge in [-0.1, -0.05) is 42.0 Å². The zero-order valence-electron chi connectivity index (χ0n) is 14.2. The molecule has 0 N–H and O–H groups in total. The maximum Gasteiger partial charge on any atom is 0.0234 e. The molecule has 1 saturated heterocycles. The molecule has 1 fully saturated rings. The van der Waals surface area contributed by atoms with Crippen LogP contribution in [0.1, 0.15) is 16.7 Å². The van der Waals surface area contributed by atoms with Crippen LogP contribution in [0.5, 0.6) is 0 Å². The lowest BCUT2D eigenvalue weighted by atomic mass is 10.1. The minimum absolute atomic E-state index is 1.08. The summed E-state index contributed by atoms with van der Waals surface area (Å²) in [5.74, 6) is 0. The first kappa shape index (κ1) is 16.6. The summed E-state index contributed by atoms with van der Waals surface area (Å²) in [6.45, 7) is 8.98. The minimum atomic E-state index is 1.08.